The van der Waals surface area contributed by atoms with Crippen LogP contribution in [0.3, 0.4) is 0 Å². The number of methoxy groups -OCH3 is 1. The van der Waals surface area contributed by atoms with E-state index in [0.29, 0.717) is 5.75 Å². The van der Waals surface area contributed by atoms with Crippen molar-refractivity contribution in [2.24, 2.45) is 0 Å². The maximum Gasteiger partial charge on any atom is 0.355 e. The van der Waals surface area contributed by atoms with Crippen LogP contribution in [0.15, 0.2) is 36.8 Å². The number of nitrogens with zero attached hydrogens (tertiary/aromatic N) is 2. The summed E-state index contributed by atoms with van der Waals surface area (Å²) >= 11 is 1.38. The number of rotatable bonds is 5. The first-order valence-corrected chi connectivity index (χ1v) is 6.17. The Balaban J connectivity index is 2.02. The van der Waals surface area contributed by atoms with Crippen LogP contribution >= 0.6 is 11.9 Å². The summed E-state index contributed by atoms with van der Waals surface area (Å²) in [5.41, 5.74) is 1.26. The number of imidazole rings is 1. The second-order valence-electron chi connectivity index (χ2n) is 3.53. The largest absolute Gasteiger partial charge is 0.497 e. The lowest BCUT2D eigenvalue weighted by Crippen LogP contribution is -2.02. The van der Waals surface area contributed by atoms with Gasteiger partial charge in [-0.3, -0.25) is 3.97 Å². The molecule has 18 heavy (non-hydrogen) atoms. The number of hydrogen-bond donors (Lipinski definition) is 1. The molecule has 0 radical (unpaired) electrons. The highest BCUT2D eigenvalue weighted by atomic mass is 32.2. The molecule has 6 heteroatoms. The third-order valence-corrected chi connectivity index (χ3v) is 3.39. The molecule has 0 aliphatic rings. The SMILES string of the molecule is COc1ccc(CSn2cncc2C(=O)O)cc1. The molecule has 0 bridgehead atoms. The Labute approximate surface area is 109 Å². The number of carboxylic acids is 1. The molecule has 0 fully saturated rings. The molecule has 1 aromatic heterocycles. The van der Waals surface area contributed by atoms with Crippen molar-refractivity contribution in [3.63, 3.8) is 0 Å². The smallest absolute Gasteiger partial charge is 0.355 e. The van der Waals surface area contributed by atoms with E-state index in [4.69, 9.17) is 9.84 Å². The van der Waals surface area contributed by atoms with Crippen LogP contribution in [0.2, 0.25) is 0 Å². The van der Waals surface area contributed by atoms with Crippen LogP contribution in [0.4, 0.5) is 0 Å². The Kier molecular flexibility index (Phi) is 3.88. The van der Waals surface area contributed by atoms with Crippen molar-refractivity contribution in [1.82, 2.24) is 8.96 Å². The molecule has 0 aliphatic carbocycles. The van der Waals surface area contributed by atoms with E-state index in [1.165, 1.54) is 24.5 Å². The van der Waals surface area contributed by atoms with Gasteiger partial charge >= 0.3 is 5.97 Å². The Morgan fingerprint density at radius 1 is 1.44 bits per heavy atom. The lowest BCUT2D eigenvalue weighted by atomic mass is 10.2. The molecule has 2 rings (SSSR count). The number of carbonyl (C=O) groups is 1. The van der Waals surface area contributed by atoms with Gasteiger partial charge in [-0.05, 0) is 29.6 Å². The normalized spacial score (nSPS) is 10.3. The second kappa shape index (κ2) is 5.59. The van der Waals surface area contributed by atoms with E-state index in [1.807, 2.05) is 24.3 Å². The molecule has 94 valence electrons. The van der Waals surface area contributed by atoms with Crippen molar-refractivity contribution in [3.05, 3.63) is 48.0 Å². The van der Waals surface area contributed by atoms with Gasteiger partial charge in [-0.15, -0.1) is 0 Å². The number of ether oxygens (including phenoxy) is 1. The van der Waals surface area contributed by atoms with E-state index in [-0.39, 0.29) is 5.69 Å². The molecule has 0 spiro atoms. The van der Waals surface area contributed by atoms with Crippen LogP contribution in [0.25, 0.3) is 0 Å². The summed E-state index contributed by atoms with van der Waals surface area (Å²) in [4.78, 5) is 14.7. The number of aromatic carboxylic acids is 1. The molecular formula is C12H12N2O3S. The molecule has 1 aromatic carbocycles. The molecule has 0 atom stereocenters. The van der Waals surface area contributed by atoms with E-state index in [9.17, 15) is 4.79 Å². The maximum atomic E-state index is 10.9. The summed E-state index contributed by atoms with van der Waals surface area (Å²) in [5, 5.41) is 8.93. The summed E-state index contributed by atoms with van der Waals surface area (Å²) in [6.07, 6.45) is 2.83. The fourth-order valence-corrected chi connectivity index (χ4v) is 2.27. The summed E-state index contributed by atoms with van der Waals surface area (Å²) < 4.78 is 6.62. The second-order valence-corrected chi connectivity index (χ2v) is 4.47. The van der Waals surface area contributed by atoms with Gasteiger partial charge in [0, 0.05) is 5.75 Å². The predicted octanol–water partition coefficient (Wildman–Crippen LogP) is 2.29. The van der Waals surface area contributed by atoms with Gasteiger partial charge in [0.1, 0.15) is 12.1 Å². The molecule has 0 saturated carbocycles. The number of aromatic nitrogens is 2. The fraction of sp³-hybridized carbons (Fsp3) is 0.167. The summed E-state index contributed by atoms with van der Waals surface area (Å²) in [6, 6.07) is 7.65. The summed E-state index contributed by atoms with van der Waals surface area (Å²) in [7, 11) is 1.62. The average molecular weight is 264 g/mol. The van der Waals surface area contributed by atoms with Crippen LogP contribution in [0, 0.1) is 0 Å². The van der Waals surface area contributed by atoms with E-state index < -0.39 is 5.97 Å². The van der Waals surface area contributed by atoms with Crippen LogP contribution in [-0.2, 0) is 5.75 Å². The molecule has 1 N–H and O–H groups in total. The zero-order valence-corrected chi connectivity index (χ0v) is 10.6. The molecular weight excluding hydrogens is 252 g/mol. The molecule has 0 amide bonds. The molecule has 5 nitrogen and oxygen atoms in total. The molecule has 0 aliphatic heterocycles. The van der Waals surface area contributed by atoms with E-state index in [1.54, 1.807) is 11.1 Å². The molecule has 0 saturated heterocycles. The highest BCUT2D eigenvalue weighted by Crippen LogP contribution is 2.19. The lowest BCUT2D eigenvalue weighted by Gasteiger charge is -2.05. The van der Waals surface area contributed by atoms with Crippen LogP contribution in [-0.4, -0.2) is 27.1 Å². The molecule has 0 unspecified atom stereocenters. The van der Waals surface area contributed by atoms with Gasteiger partial charge < -0.3 is 9.84 Å². The van der Waals surface area contributed by atoms with Gasteiger partial charge in [-0.1, -0.05) is 12.1 Å². The monoisotopic (exact) mass is 264 g/mol. The summed E-state index contributed by atoms with van der Waals surface area (Å²) in [5.74, 6) is 0.494. The minimum Gasteiger partial charge on any atom is -0.497 e. The third-order valence-electron chi connectivity index (χ3n) is 2.35. The third kappa shape index (κ3) is 2.84. The van der Waals surface area contributed by atoms with Crippen molar-refractivity contribution in [1.29, 1.82) is 0 Å². The predicted molar refractivity (Wildman–Crippen MR) is 68.9 cm³/mol. The maximum absolute atomic E-state index is 10.9. The first kappa shape index (κ1) is 12.5. The van der Waals surface area contributed by atoms with Crippen LogP contribution in [0.1, 0.15) is 16.1 Å². The zero-order valence-electron chi connectivity index (χ0n) is 9.74. The Morgan fingerprint density at radius 3 is 2.78 bits per heavy atom. The highest BCUT2D eigenvalue weighted by molar-refractivity contribution is 7.97. The van der Waals surface area contributed by atoms with Crippen molar-refractivity contribution >= 4 is 17.9 Å². The Bertz CT molecular complexity index is 537. The average Bonchev–Trinajstić information content (AvgIpc) is 2.85. The van der Waals surface area contributed by atoms with E-state index in [2.05, 4.69) is 4.98 Å². The van der Waals surface area contributed by atoms with Crippen LogP contribution < -0.4 is 4.74 Å². The number of benzene rings is 1. The first-order valence-electron chi connectivity index (χ1n) is 5.22. The molecule has 2 aromatic rings. The van der Waals surface area contributed by atoms with E-state index >= 15 is 0 Å². The van der Waals surface area contributed by atoms with E-state index in [0.717, 1.165) is 11.3 Å². The van der Waals surface area contributed by atoms with Crippen molar-refractivity contribution in [3.8, 4) is 5.75 Å². The van der Waals surface area contributed by atoms with Crippen molar-refractivity contribution in [2.45, 2.75) is 5.75 Å². The fourth-order valence-electron chi connectivity index (χ4n) is 1.40. The Morgan fingerprint density at radius 2 is 2.17 bits per heavy atom. The zero-order chi connectivity index (χ0) is 13.0. The number of carboxylic acid groups (broad SMARTS) is 1. The quantitative estimate of drug-likeness (QED) is 0.897. The minimum atomic E-state index is -0.977. The van der Waals surface area contributed by atoms with Crippen LogP contribution in [0.5, 0.6) is 5.75 Å². The van der Waals surface area contributed by atoms with Crippen molar-refractivity contribution < 1.29 is 14.6 Å². The topological polar surface area (TPSA) is 64.4 Å². The first-order chi connectivity index (χ1) is 8.70. The Hall–Kier alpha value is -1.95. The molecule has 1 heterocycles. The van der Waals surface area contributed by atoms with Gasteiger partial charge in [-0.25, -0.2) is 9.78 Å². The van der Waals surface area contributed by atoms with Gasteiger partial charge in [-0.2, -0.15) is 0 Å². The highest BCUT2D eigenvalue weighted by Gasteiger charge is 2.10. The van der Waals surface area contributed by atoms with Crippen molar-refractivity contribution in [2.75, 3.05) is 7.11 Å². The van der Waals surface area contributed by atoms with Gasteiger partial charge in [0.25, 0.3) is 0 Å². The van der Waals surface area contributed by atoms with Gasteiger partial charge in [0.2, 0.25) is 0 Å². The summed E-state index contributed by atoms with van der Waals surface area (Å²) in [6.45, 7) is 0. The number of hydrogen-bond acceptors (Lipinski definition) is 4. The van der Waals surface area contributed by atoms with Gasteiger partial charge in [0.05, 0.1) is 13.3 Å². The standard InChI is InChI=1S/C12H12N2O3S/c1-17-10-4-2-9(3-5-10)7-18-14-8-13-6-11(14)12(15)16/h2-6,8H,7H2,1H3,(H,15,16). The minimum absolute atomic E-state index is 0.175. The van der Waals surface area contributed by atoms with Gasteiger partial charge in [0.15, 0.2) is 5.69 Å². The lowest BCUT2D eigenvalue weighted by molar-refractivity contribution is 0.0690.